The predicted octanol–water partition coefficient (Wildman–Crippen LogP) is 7.45. The summed E-state index contributed by atoms with van der Waals surface area (Å²) < 4.78 is 57.2. The Bertz CT molecular complexity index is 2200. The molecule has 5 heterocycles. The number of hydrogen-bond donors (Lipinski definition) is 0. The maximum atomic E-state index is 17.4. The number of methoxy groups -OCH3 is 1. The molecule has 4 aliphatic heterocycles. The highest BCUT2D eigenvalue weighted by atomic mass is 19.1. The summed E-state index contributed by atoms with van der Waals surface area (Å²) in [4.78, 5) is 29.0. The molecule has 8 rings (SSSR count). The van der Waals surface area contributed by atoms with Gasteiger partial charge in [-0.1, -0.05) is 30.2 Å². The van der Waals surface area contributed by atoms with Gasteiger partial charge in [-0.3, -0.25) is 9.80 Å². The molecule has 4 fully saturated rings. The van der Waals surface area contributed by atoms with Gasteiger partial charge in [0.05, 0.1) is 23.2 Å². The highest BCUT2D eigenvalue weighted by Gasteiger charge is 2.47. The molecule has 0 N–H and O–H groups in total. The monoisotopic (exact) mass is 737 g/mol. The summed E-state index contributed by atoms with van der Waals surface area (Å²) in [6.45, 7) is 12.6. The third-order valence-electron chi connectivity index (χ3n) is 11.2. The van der Waals surface area contributed by atoms with E-state index in [9.17, 15) is 4.79 Å². The largest absolute Gasteiger partial charge is 0.468 e. The van der Waals surface area contributed by atoms with Crippen LogP contribution in [0.1, 0.15) is 58.4 Å². The number of halogens is 2. The van der Waals surface area contributed by atoms with Gasteiger partial charge < -0.3 is 23.8 Å². The first kappa shape index (κ1) is 36.0. The van der Waals surface area contributed by atoms with E-state index in [-0.39, 0.29) is 58.5 Å². The maximum Gasteiger partial charge on any atom is 0.410 e. The van der Waals surface area contributed by atoms with Gasteiger partial charge in [-0.05, 0) is 89.1 Å². The molecule has 4 saturated heterocycles. The number of nitrogens with zero attached hydrogens (tertiary/aromatic N) is 5. The molecule has 10 nitrogen and oxygen atoms in total. The second-order valence-corrected chi connectivity index (χ2v) is 16.0. The standard InChI is InChI=1S/C42H45F2N5O5/c1-7-26-10-8-11-27-16-30(53-24-51-6)17-31(34(26)27)35-33(43)18-32-37(36(35)44)45-39(52-23-42-14-9-15-48(42)20-25(2)19-42)46-38(32)47-21-28-12-13-29(22-47)49(28)40(50)54-41(3,4)5/h1,8,10-11,16-18,28-29H,2,9,12-15,19-24H2,3-6H3. The van der Waals surface area contributed by atoms with Crippen LogP contribution in [0.2, 0.25) is 0 Å². The average molecular weight is 738 g/mol. The summed E-state index contributed by atoms with van der Waals surface area (Å²) >= 11 is 0. The zero-order chi connectivity index (χ0) is 37.9. The van der Waals surface area contributed by atoms with Crippen molar-refractivity contribution in [2.75, 3.05) is 51.6 Å². The molecule has 2 bridgehead atoms. The van der Waals surface area contributed by atoms with Crippen molar-refractivity contribution >= 4 is 33.6 Å². The highest BCUT2D eigenvalue weighted by Crippen LogP contribution is 2.44. The van der Waals surface area contributed by atoms with Gasteiger partial charge in [0.15, 0.2) is 12.6 Å². The summed E-state index contributed by atoms with van der Waals surface area (Å²) in [7, 11) is 1.49. The first-order valence-electron chi connectivity index (χ1n) is 18.5. The van der Waals surface area contributed by atoms with Crippen LogP contribution < -0.4 is 14.4 Å². The number of piperazine rings is 1. The topological polar surface area (TPSA) is 89.5 Å². The Labute approximate surface area is 314 Å². The molecule has 282 valence electrons. The van der Waals surface area contributed by atoms with Gasteiger partial charge in [0.25, 0.3) is 0 Å². The Hall–Kier alpha value is -4.99. The zero-order valence-electron chi connectivity index (χ0n) is 31.2. The highest BCUT2D eigenvalue weighted by molar-refractivity contribution is 6.04. The average Bonchev–Trinajstić information content (AvgIpc) is 3.75. The van der Waals surface area contributed by atoms with Crippen molar-refractivity contribution in [3.63, 3.8) is 0 Å². The Morgan fingerprint density at radius 3 is 2.61 bits per heavy atom. The number of aromatic nitrogens is 2. The van der Waals surface area contributed by atoms with E-state index in [1.54, 1.807) is 24.3 Å². The number of anilines is 1. The summed E-state index contributed by atoms with van der Waals surface area (Å²) in [6.07, 6.45) is 9.89. The van der Waals surface area contributed by atoms with E-state index >= 15 is 8.78 Å². The number of amides is 1. The Morgan fingerprint density at radius 2 is 1.89 bits per heavy atom. The number of terminal acetylenes is 1. The number of benzene rings is 3. The van der Waals surface area contributed by atoms with E-state index in [1.807, 2.05) is 36.6 Å². The minimum absolute atomic E-state index is 0.000893. The van der Waals surface area contributed by atoms with Crippen molar-refractivity contribution in [2.45, 2.75) is 76.1 Å². The Morgan fingerprint density at radius 1 is 1.11 bits per heavy atom. The van der Waals surface area contributed by atoms with Crippen molar-refractivity contribution in [3.8, 4) is 35.2 Å². The Kier molecular flexibility index (Phi) is 9.13. The molecule has 1 aromatic heterocycles. The molecule has 0 aliphatic carbocycles. The molecule has 0 saturated carbocycles. The molecule has 1 amide bonds. The van der Waals surface area contributed by atoms with Crippen LogP contribution in [-0.2, 0) is 9.47 Å². The predicted molar refractivity (Wildman–Crippen MR) is 203 cm³/mol. The maximum absolute atomic E-state index is 17.4. The van der Waals surface area contributed by atoms with Gasteiger partial charge in [0, 0.05) is 48.6 Å². The molecule has 0 radical (unpaired) electrons. The second kappa shape index (κ2) is 13.7. The number of carbonyl (C=O) groups is 1. The number of carbonyl (C=O) groups excluding carboxylic acids is 1. The van der Waals surface area contributed by atoms with Gasteiger partial charge in [-0.25, -0.2) is 13.6 Å². The minimum atomic E-state index is -0.874. The SMILES string of the molecule is C#Cc1cccc2cc(OCOC)cc(-c3c(F)cc4c(N5CC6CCC(C5)N6C(=O)OC(C)(C)C)nc(OCC56CCCN5CC(=C)C6)nc4c3F)c12. The van der Waals surface area contributed by atoms with Crippen LogP contribution in [-0.4, -0.2) is 95.8 Å². The molecular formula is C42H45F2N5O5. The van der Waals surface area contributed by atoms with Crippen molar-refractivity contribution in [2.24, 2.45) is 0 Å². The van der Waals surface area contributed by atoms with Crippen LogP contribution in [0.3, 0.4) is 0 Å². The van der Waals surface area contributed by atoms with Gasteiger partial charge in [0.2, 0.25) is 0 Å². The van der Waals surface area contributed by atoms with Crippen molar-refractivity contribution < 1.29 is 32.5 Å². The van der Waals surface area contributed by atoms with E-state index in [2.05, 4.69) is 22.4 Å². The number of hydrogen-bond acceptors (Lipinski definition) is 9. The first-order valence-corrected chi connectivity index (χ1v) is 18.5. The summed E-state index contributed by atoms with van der Waals surface area (Å²) in [6, 6.07) is 9.64. The van der Waals surface area contributed by atoms with Crippen molar-refractivity contribution in [1.82, 2.24) is 19.8 Å². The van der Waals surface area contributed by atoms with E-state index in [0.717, 1.165) is 50.8 Å². The molecule has 3 unspecified atom stereocenters. The first-order chi connectivity index (χ1) is 25.9. The van der Waals surface area contributed by atoms with E-state index in [0.29, 0.717) is 47.6 Å². The molecule has 4 aliphatic rings. The van der Waals surface area contributed by atoms with E-state index in [4.69, 9.17) is 30.4 Å². The van der Waals surface area contributed by atoms with Crippen LogP contribution in [0.5, 0.6) is 11.8 Å². The van der Waals surface area contributed by atoms with Gasteiger partial charge in [0.1, 0.15) is 35.1 Å². The molecule has 12 heteroatoms. The lowest BCUT2D eigenvalue weighted by molar-refractivity contribution is 0.0122. The van der Waals surface area contributed by atoms with Crippen LogP contribution in [0.25, 0.3) is 32.8 Å². The minimum Gasteiger partial charge on any atom is -0.468 e. The third kappa shape index (κ3) is 6.37. The molecular weight excluding hydrogens is 692 g/mol. The lowest BCUT2D eigenvalue weighted by Crippen LogP contribution is -2.57. The van der Waals surface area contributed by atoms with Crippen molar-refractivity contribution in [3.05, 3.63) is 65.7 Å². The van der Waals surface area contributed by atoms with Gasteiger partial charge in [-0.2, -0.15) is 9.97 Å². The summed E-state index contributed by atoms with van der Waals surface area (Å²) in [5.74, 6) is 1.70. The fraction of sp³-hybridized carbons (Fsp3) is 0.452. The normalized spacial score (nSPS) is 22.6. The van der Waals surface area contributed by atoms with Gasteiger partial charge >= 0.3 is 12.1 Å². The second-order valence-electron chi connectivity index (χ2n) is 16.0. The van der Waals surface area contributed by atoms with Crippen molar-refractivity contribution in [1.29, 1.82) is 0 Å². The summed E-state index contributed by atoms with van der Waals surface area (Å²) in [5.41, 5.74) is 0.600. The van der Waals surface area contributed by atoms with Crippen LogP contribution in [0.4, 0.5) is 19.4 Å². The fourth-order valence-electron chi connectivity index (χ4n) is 8.97. The molecule has 3 aromatic carbocycles. The molecule has 54 heavy (non-hydrogen) atoms. The van der Waals surface area contributed by atoms with Crippen LogP contribution in [0, 0.1) is 24.0 Å². The smallest absolute Gasteiger partial charge is 0.410 e. The Balaban J connectivity index is 1.26. The lowest BCUT2D eigenvalue weighted by Gasteiger charge is -2.42. The van der Waals surface area contributed by atoms with Gasteiger partial charge in [-0.15, -0.1) is 6.42 Å². The van der Waals surface area contributed by atoms with E-state index in [1.165, 1.54) is 13.2 Å². The molecule has 3 atom stereocenters. The third-order valence-corrected chi connectivity index (χ3v) is 11.2. The summed E-state index contributed by atoms with van der Waals surface area (Å²) in [5, 5.41) is 1.36. The van der Waals surface area contributed by atoms with Crippen LogP contribution in [0.15, 0.2) is 48.6 Å². The molecule has 4 aromatic rings. The van der Waals surface area contributed by atoms with E-state index < -0.39 is 17.2 Å². The quantitative estimate of drug-likeness (QED) is 0.104. The number of rotatable bonds is 8. The lowest BCUT2D eigenvalue weighted by atomic mass is 9.93. The molecule has 0 spiro atoms. The van der Waals surface area contributed by atoms with Crippen LogP contribution >= 0.6 is 0 Å². The number of ether oxygens (including phenoxy) is 4. The number of fused-ring (bicyclic) bond motifs is 5. The fourth-order valence-corrected chi connectivity index (χ4v) is 8.97. The zero-order valence-corrected chi connectivity index (χ0v) is 31.2.